The highest BCUT2D eigenvalue weighted by Crippen LogP contribution is 2.10. The van der Waals surface area contributed by atoms with Gasteiger partial charge in [0.05, 0.1) is 5.71 Å². The number of rotatable bonds is 1. The second-order valence-corrected chi connectivity index (χ2v) is 2.37. The summed E-state index contributed by atoms with van der Waals surface area (Å²) in [5, 5.41) is 12.2. The molecule has 1 aliphatic rings. The smallest absolute Gasteiger partial charge is 0.268 e. The summed E-state index contributed by atoms with van der Waals surface area (Å²) < 4.78 is 0. The number of carbonyl (C=O) groups is 1. The number of hydrogen-bond donors (Lipinski definition) is 3. The third-order valence-electron chi connectivity index (χ3n) is 1.73. The minimum atomic E-state index is -1.04. The van der Waals surface area contributed by atoms with E-state index in [1.54, 1.807) is 13.8 Å². The molecular formula is C5H9N3O2. The van der Waals surface area contributed by atoms with E-state index in [1.807, 2.05) is 5.48 Å². The number of hydrazone groups is 1. The molecule has 0 saturated heterocycles. The summed E-state index contributed by atoms with van der Waals surface area (Å²) in [6.45, 7) is 3.20. The van der Waals surface area contributed by atoms with Crippen LogP contribution in [-0.2, 0) is 4.79 Å². The minimum Gasteiger partial charge on any atom is -0.315 e. The lowest BCUT2D eigenvalue weighted by atomic mass is 9.99. The molecule has 3 N–H and O–H groups in total. The van der Waals surface area contributed by atoms with E-state index in [1.165, 1.54) is 0 Å². The van der Waals surface area contributed by atoms with E-state index in [2.05, 4.69) is 10.5 Å². The van der Waals surface area contributed by atoms with E-state index < -0.39 is 5.54 Å². The lowest BCUT2D eigenvalue weighted by Gasteiger charge is -2.17. The largest absolute Gasteiger partial charge is 0.315 e. The Bertz CT molecular complexity index is 201. The monoisotopic (exact) mass is 143 g/mol. The van der Waals surface area contributed by atoms with Gasteiger partial charge in [0.1, 0.15) is 0 Å². The molecule has 5 nitrogen and oxygen atoms in total. The van der Waals surface area contributed by atoms with Crippen LogP contribution in [0, 0.1) is 0 Å². The fourth-order valence-corrected chi connectivity index (χ4v) is 0.654. The number of hydroxylamine groups is 1. The summed E-state index contributed by atoms with van der Waals surface area (Å²) in [5.74, 6) is -0.340. The topological polar surface area (TPSA) is 73.7 Å². The van der Waals surface area contributed by atoms with Gasteiger partial charge in [-0.15, -0.1) is 0 Å². The number of nitrogens with one attached hydrogen (secondary N) is 2. The van der Waals surface area contributed by atoms with Crippen molar-refractivity contribution in [1.82, 2.24) is 10.9 Å². The van der Waals surface area contributed by atoms with E-state index in [0.29, 0.717) is 5.71 Å². The van der Waals surface area contributed by atoms with Gasteiger partial charge in [-0.3, -0.25) is 4.79 Å². The molecule has 0 radical (unpaired) electrons. The maximum Gasteiger partial charge on any atom is 0.268 e. The summed E-state index contributed by atoms with van der Waals surface area (Å²) in [6.07, 6.45) is 0. The van der Waals surface area contributed by atoms with Crippen LogP contribution in [0.2, 0.25) is 0 Å². The van der Waals surface area contributed by atoms with Crippen LogP contribution < -0.4 is 10.9 Å². The molecule has 0 bridgehead atoms. The Morgan fingerprint density at radius 1 is 1.80 bits per heavy atom. The van der Waals surface area contributed by atoms with Crippen molar-refractivity contribution in [2.75, 3.05) is 0 Å². The molecule has 0 spiro atoms. The lowest BCUT2D eigenvalue weighted by molar-refractivity contribution is -0.126. The van der Waals surface area contributed by atoms with Crippen LogP contribution in [0.4, 0.5) is 0 Å². The van der Waals surface area contributed by atoms with Gasteiger partial charge < -0.3 is 5.21 Å². The van der Waals surface area contributed by atoms with Gasteiger partial charge in [0, 0.05) is 0 Å². The van der Waals surface area contributed by atoms with Gasteiger partial charge in [-0.1, -0.05) is 0 Å². The van der Waals surface area contributed by atoms with E-state index in [4.69, 9.17) is 5.21 Å². The molecule has 0 aromatic heterocycles. The van der Waals surface area contributed by atoms with Crippen molar-refractivity contribution in [1.29, 1.82) is 0 Å². The Labute approximate surface area is 58.1 Å². The normalized spacial score (nSPS) is 31.9. The van der Waals surface area contributed by atoms with Gasteiger partial charge in [-0.2, -0.15) is 10.6 Å². The molecular weight excluding hydrogens is 134 g/mol. The molecule has 0 fully saturated rings. The lowest BCUT2D eigenvalue weighted by Crippen LogP contribution is -2.52. The summed E-state index contributed by atoms with van der Waals surface area (Å²) in [7, 11) is 0. The zero-order chi connectivity index (χ0) is 7.78. The zero-order valence-corrected chi connectivity index (χ0v) is 5.80. The molecule has 1 heterocycles. The number of nitrogens with zero attached hydrogens (tertiary/aromatic N) is 1. The molecule has 10 heavy (non-hydrogen) atoms. The van der Waals surface area contributed by atoms with E-state index >= 15 is 0 Å². The number of carbonyl (C=O) groups excluding carboxylic acids is 1. The van der Waals surface area contributed by atoms with E-state index in [-0.39, 0.29) is 5.91 Å². The molecule has 1 aliphatic heterocycles. The van der Waals surface area contributed by atoms with Crippen molar-refractivity contribution < 1.29 is 10.0 Å². The number of amides is 1. The molecule has 0 aliphatic carbocycles. The quantitative estimate of drug-likeness (QED) is 0.422. The van der Waals surface area contributed by atoms with Crippen LogP contribution in [0.25, 0.3) is 0 Å². The van der Waals surface area contributed by atoms with Crippen molar-refractivity contribution in [3.63, 3.8) is 0 Å². The standard InChI is InChI=1S/C5H9N3O2/c1-3-5(2,8-10)4(9)7-6-3/h8,10H,1-2H3,(H,7,9). The first kappa shape index (κ1) is 7.17. The summed E-state index contributed by atoms with van der Waals surface area (Å²) in [4.78, 5) is 10.9. The molecule has 0 aromatic rings. The highest BCUT2D eigenvalue weighted by atomic mass is 16.5. The van der Waals surface area contributed by atoms with Gasteiger partial charge in [0.2, 0.25) is 0 Å². The molecule has 56 valence electrons. The molecule has 1 atom stereocenters. The van der Waals surface area contributed by atoms with E-state index in [9.17, 15) is 4.79 Å². The molecule has 5 heteroatoms. The summed E-state index contributed by atoms with van der Waals surface area (Å²) in [5.41, 5.74) is 3.62. The van der Waals surface area contributed by atoms with Gasteiger partial charge in [-0.25, -0.2) is 5.43 Å². The second kappa shape index (κ2) is 2.03. The first-order chi connectivity index (χ1) is 4.61. The van der Waals surface area contributed by atoms with Gasteiger partial charge in [0.15, 0.2) is 5.54 Å². The molecule has 0 aromatic carbocycles. The summed E-state index contributed by atoms with van der Waals surface area (Å²) in [6, 6.07) is 0. The third-order valence-corrected chi connectivity index (χ3v) is 1.73. The average Bonchev–Trinajstić information content (AvgIpc) is 2.18. The van der Waals surface area contributed by atoms with Gasteiger partial charge in [0.25, 0.3) is 5.91 Å². The fraction of sp³-hybridized carbons (Fsp3) is 0.600. The molecule has 1 rings (SSSR count). The van der Waals surface area contributed by atoms with Crippen molar-refractivity contribution in [2.45, 2.75) is 19.4 Å². The second-order valence-electron chi connectivity index (χ2n) is 2.37. The van der Waals surface area contributed by atoms with Crippen molar-refractivity contribution in [2.24, 2.45) is 5.10 Å². The van der Waals surface area contributed by atoms with Crippen LogP contribution >= 0.6 is 0 Å². The Kier molecular flexibility index (Phi) is 1.46. The highest BCUT2D eigenvalue weighted by molar-refractivity contribution is 6.14. The minimum absolute atomic E-state index is 0.340. The van der Waals surface area contributed by atoms with Crippen LogP contribution in [0.1, 0.15) is 13.8 Å². The maximum atomic E-state index is 10.9. The Balaban J connectivity index is 2.92. The average molecular weight is 143 g/mol. The van der Waals surface area contributed by atoms with Crippen LogP contribution in [0.5, 0.6) is 0 Å². The Hall–Kier alpha value is -0.940. The molecule has 0 saturated carbocycles. The van der Waals surface area contributed by atoms with E-state index in [0.717, 1.165) is 0 Å². The van der Waals surface area contributed by atoms with Crippen molar-refractivity contribution in [3.8, 4) is 0 Å². The van der Waals surface area contributed by atoms with Crippen LogP contribution in [0.15, 0.2) is 5.10 Å². The fourth-order valence-electron chi connectivity index (χ4n) is 0.654. The van der Waals surface area contributed by atoms with Gasteiger partial charge in [-0.05, 0) is 13.8 Å². The predicted molar refractivity (Wildman–Crippen MR) is 34.6 cm³/mol. The maximum absolute atomic E-state index is 10.9. The van der Waals surface area contributed by atoms with Gasteiger partial charge >= 0.3 is 0 Å². The summed E-state index contributed by atoms with van der Waals surface area (Å²) >= 11 is 0. The third kappa shape index (κ3) is 0.714. The van der Waals surface area contributed by atoms with Crippen molar-refractivity contribution in [3.05, 3.63) is 0 Å². The SMILES string of the molecule is CC1=NNC(=O)C1(C)NO. The Morgan fingerprint density at radius 2 is 2.40 bits per heavy atom. The first-order valence-electron chi connectivity index (χ1n) is 2.87. The predicted octanol–water partition coefficient (Wildman–Crippen LogP) is -0.770. The van der Waals surface area contributed by atoms with Crippen LogP contribution in [0.3, 0.4) is 0 Å². The first-order valence-corrected chi connectivity index (χ1v) is 2.87. The Morgan fingerprint density at radius 3 is 2.60 bits per heavy atom. The number of hydrogen-bond acceptors (Lipinski definition) is 4. The zero-order valence-electron chi connectivity index (χ0n) is 5.80. The van der Waals surface area contributed by atoms with Crippen molar-refractivity contribution >= 4 is 11.6 Å². The molecule has 1 unspecified atom stereocenters. The highest BCUT2D eigenvalue weighted by Gasteiger charge is 2.40. The van der Waals surface area contributed by atoms with Crippen LogP contribution in [-0.4, -0.2) is 22.4 Å². The molecule has 1 amide bonds.